The standard InChI is InChI=1S/C17H22ClF3N4O2S/c1-4-24(15(26)7-10-28(27)11-8-17(19,20)21)14-12-25(23-16(14)18)13(2)6-5-9-22-3/h5-6,9,12H,3-4,7-8,10-11H2,1-2H3. The lowest BCUT2D eigenvalue weighted by atomic mass is 10.3. The van der Waals surface area contributed by atoms with Gasteiger partial charge in [-0.25, -0.2) is 4.68 Å². The Hall–Kier alpha value is -1.94. The molecule has 1 heterocycles. The van der Waals surface area contributed by atoms with Crippen molar-refractivity contribution in [3.63, 3.8) is 0 Å². The molecule has 1 aromatic heterocycles. The molecule has 0 N–H and O–H groups in total. The minimum Gasteiger partial charge on any atom is -0.308 e. The highest BCUT2D eigenvalue weighted by atomic mass is 35.5. The number of alkyl halides is 3. The van der Waals surface area contributed by atoms with Gasteiger partial charge in [-0.2, -0.15) is 18.3 Å². The summed E-state index contributed by atoms with van der Waals surface area (Å²) in [5.74, 6) is -1.05. The molecule has 0 aliphatic heterocycles. The van der Waals surface area contributed by atoms with E-state index < -0.39 is 29.1 Å². The molecule has 0 saturated carbocycles. The molecule has 1 aromatic rings. The fourth-order valence-corrected chi connectivity index (χ4v) is 3.47. The summed E-state index contributed by atoms with van der Waals surface area (Å²) < 4.78 is 49.7. The first-order valence-electron chi connectivity index (χ1n) is 8.36. The highest BCUT2D eigenvalue weighted by molar-refractivity contribution is 7.84. The van der Waals surface area contributed by atoms with Gasteiger partial charge in [0.05, 0.1) is 12.6 Å². The Morgan fingerprint density at radius 1 is 1.46 bits per heavy atom. The monoisotopic (exact) mass is 438 g/mol. The number of carbonyl (C=O) groups excluding carboxylic acids is 1. The van der Waals surface area contributed by atoms with Crippen LogP contribution < -0.4 is 4.90 Å². The zero-order valence-electron chi connectivity index (χ0n) is 15.6. The van der Waals surface area contributed by atoms with E-state index in [1.54, 1.807) is 32.2 Å². The summed E-state index contributed by atoms with van der Waals surface area (Å²) in [6.45, 7) is 7.11. The third-order valence-electron chi connectivity index (χ3n) is 3.61. The largest absolute Gasteiger partial charge is 0.390 e. The highest BCUT2D eigenvalue weighted by Gasteiger charge is 2.28. The molecule has 0 spiro atoms. The van der Waals surface area contributed by atoms with Gasteiger partial charge in [0.15, 0.2) is 5.15 Å². The third-order valence-corrected chi connectivity index (χ3v) is 5.19. The van der Waals surface area contributed by atoms with Gasteiger partial charge in [0.25, 0.3) is 0 Å². The lowest BCUT2D eigenvalue weighted by molar-refractivity contribution is -0.129. The van der Waals surface area contributed by atoms with Crippen molar-refractivity contribution >= 4 is 46.4 Å². The van der Waals surface area contributed by atoms with Gasteiger partial charge in [0, 0.05) is 47.2 Å². The number of allylic oxidation sites excluding steroid dienone is 3. The molecule has 1 atom stereocenters. The van der Waals surface area contributed by atoms with Crippen molar-refractivity contribution in [3.05, 3.63) is 29.7 Å². The van der Waals surface area contributed by atoms with Crippen molar-refractivity contribution in [2.45, 2.75) is 32.9 Å². The predicted molar refractivity (Wildman–Crippen MR) is 107 cm³/mol. The summed E-state index contributed by atoms with van der Waals surface area (Å²) in [5, 5.41) is 4.25. The van der Waals surface area contributed by atoms with Crippen LogP contribution in [-0.4, -0.2) is 50.8 Å². The van der Waals surface area contributed by atoms with Crippen LogP contribution in [0, 0.1) is 0 Å². The molecular weight excluding hydrogens is 417 g/mol. The fraction of sp³-hybridized carbons (Fsp3) is 0.471. The van der Waals surface area contributed by atoms with E-state index in [0.717, 1.165) is 0 Å². The zero-order chi connectivity index (χ0) is 21.3. The molecule has 1 unspecified atom stereocenters. The first-order chi connectivity index (χ1) is 13.1. The number of amides is 1. The molecular formula is C17H22ClF3N4O2S. The van der Waals surface area contributed by atoms with Crippen LogP contribution in [0.1, 0.15) is 26.7 Å². The SMILES string of the molecule is C=NC=CC=C(C)n1cc(N(CC)C(=O)CCS(=O)CCC(F)(F)F)c(Cl)n1. The van der Waals surface area contributed by atoms with E-state index in [1.165, 1.54) is 15.8 Å². The molecule has 1 rings (SSSR count). The van der Waals surface area contributed by atoms with Crippen LogP contribution in [0.3, 0.4) is 0 Å². The van der Waals surface area contributed by atoms with Gasteiger partial charge in [0.2, 0.25) is 5.91 Å². The fourth-order valence-electron chi connectivity index (χ4n) is 2.17. The second-order valence-electron chi connectivity index (χ2n) is 5.68. The predicted octanol–water partition coefficient (Wildman–Crippen LogP) is 4.06. The average molecular weight is 439 g/mol. The summed E-state index contributed by atoms with van der Waals surface area (Å²) in [7, 11) is -1.73. The maximum Gasteiger partial charge on any atom is 0.390 e. The molecule has 156 valence electrons. The second-order valence-corrected chi connectivity index (χ2v) is 7.74. The molecule has 0 aromatic carbocycles. The number of halogens is 4. The average Bonchev–Trinajstić information content (AvgIpc) is 3.00. The zero-order valence-corrected chi connectivity index (χ0v) is 17.1. The first-order valence-corrected chi connectivity index (χ1v) is 10.2. The topological polar surface area (TPSA) is 67.6 Å². The molecule has 0 aliphatic carbocycles. The van der Waals surface area contributed by atoms with Crippen LogP contribution >= 0.6 is 11.6 Å². The van der Waals surface area contributed by atoms with Crippen molar-refractivity contribution in [2.75, 3.05) is 23.0 Å². The smallest absolute Gasteiger partial charge is 0.308 e. The Morgan fingerprint density at radius 2 is 2.14 bits per heavy atom. The second kappa shape index (κ2) is 11.2. The van der Waals surface area contributed by atoms with E-state index in [4.69, 9.17) is 11.6 Å². The number of carbonyl (C=O) groups is 1. The number of rotatable bonds is 10. The number of hydrogen-bond donors (Lipinski definition) is 0. The number of aliphatic imine (C=N–C) groups is 1. The van der Waals surface area contributed by atoms with Crippen molar-refractivity contribution in [3.8, 4) is 0 Å². The first kappa shape index (κ1) is 24.1. The van der Waals surface area contributed by atoms with Crippen molar-refractivity contribution in [1.29, 1.82) is 0 Å². The lowest BCUT2D eigenvalue weighted by Crippen LogP contribution is -2.31. The van der Waals surface area contributed by atoms with E-state index in [9.17, 15) is 22.2 Å². The van der Waals surface area contributed by atoms with Gasteiger partial charge in [-0.1, -0.05) is 11.6 Å². The Labute approximate surface area is 169 Å². The quantitative estimate of drug-likeness (QED) is 0.408. The highest BCUT2D eigenvalue weighted by Crippen LogP contribution is 2.26. The molecule has 6 nitrogen and oxygen atoms in total. The van der Waals surface area contributed by atoms with Crippen LogP contribution in [0.15, 0.2) is 29.5 Å². The van der Waals surface area contributed by atoms with Crippen LogP contribution in [0.5, 0.6) is 0 Å². The minimum absolute atomic E-state index is 0.104. The maximum absolute atomic E-state index is 12.5. The van der Waals surface area contributed by atoms with E-state index in [2.05, 4.69) is 16.8 Å². The van der Waals surface area contributed by atoms with Gasteiger partial charge in [0.1, 0.15) is 5.69 Å². The number of aromatic nitrogens is 2. The summed E-state index contributed by atoms with van der Waals surface area (Å²) in [5.41, 5.74) is 1.08. The minimum atomic E-state index is -4.36. The van der Waals surface area contributed by atoms with Gasteiger partial charge in [-0.3, -0.25) is 14.0 Å². The molecule has 0 fully saturated rings. The van der Waals surface area contributed by atoms with Gasteiger partial charge in [-0.05, 0) is 32.7 Å². The maximum atomic E-state index is 12.5. The lowest BCUT2D eigenvalue weighted by Gasteiger charge is -2.19. The van der Waals surface area contributed by atoms with E-state index in [0.29, 0.717) is 11.4 Å². The van der Waals surface area contributed by atoms with Crippen molar-refractivity contribution in [1.82, 2.24) is 9.78 Å². The van der Waals surface area contributed by atoms with Crippen molar-refractivity contribution in [2.24, 2.45) is 4.99 Å². The molecule has 0 saturated heterocycles. The number of hydrogen-bond acceptors (Lipinski definition) is 4. The molecule has 0 bridgehead atoms. The Bertz CT molecular complexity index is 775. The summed E-state index contributed by atoms with van der Waals surface area (Å²) in [6, 6.07) is 0. The normalized spacial score (nSPS) is 13.7. The van der Waals surface area contributed by atoms with Crippen LogP contribution in [-0.2, 0) is 15.6 Å². The molecule has 1 amide bonds. The Kier molecular flexibility index (Phi) is 9.60. The van der Waals surface area contributed by atoms with Gasteiger partial charge >= 0.3 is 6.18 Å². The summed E-state index contributed by atoms with van der Waals surface area (Å²) in [4.78, 5) is 17.4. The van der Waals surface area contributed by atoms with E-state index >= 15 is 0 Å². The van der Waals surface area contributed by atoms with E-state index in [-0.39, 0.29) is 29.8 Å². The summed E-state index contributed by atoms with van der Waals surface area (Å²) >= 11 is 6.15. The van der Waals surface area contributed by atoms with Gasteiger partial charge < -0.3 is 4.90 Å². The van der Waals surface area contributed by atoms with Crippen LogP contribution in [0.25, 0.3) is 5.70 Å². The Balaban J connectivity index is 2.80. The van der Waals surface area contributed by atoms with Crippen molar-refractivity contribution < 1.29 is 22.2 Å². The van der Waals surface area contributed by atoms with E-state index in [1.807, 2.05) is 0 Å². The molecule has 28 heavy (non-hydrogen) atoms. The molecule has 0 aliphatic rings. The number of nitrogens with zero attached hydrogens (tertiary/aromatic N) is 4. The summed E-state index contributed by atoms with van der Waals surface area (Å²) in [6.07, 6.45) is 0.815. The molecule has 11 heteroatoms. The third kappa shape index (κ3) is 7.97. The number of anilines is 1. The Morgan fingerprint density at radius 3 is 2.71 bits per heavy atom. The van der Waals surface area contributed by atoms with Crippen LogP contribution in [0.4, 0.5) is 18.9 Å². The molecule has 0 radical (unpaired) electrons. The van der Waals surface area contributed by atoms with Crippen LogP contribution in [0.2, 0.25) is 5.15 Å². The van der Waals surface area contributed by atoms with Gasteiger partial charge in [-0.15, -0.1) is 0 Å².